The van der Waals surface area contributed by atoms with Crippen LogP contribution in [-0.4, -0.2) is 23.5 Å². The number of rotatable bonds is 2. The summed E-state index contributed by atoms with van der Waals surface area (Å²) in [5.41, 5.74) is 1.76. The summed E-state index contributed by atoms with van der Waals surface area (Å²) in [6.45, 7) is 1.28. The van der Waals surface area contributed by atoms with Gasteiger partial charge in [0.2, 0.25) is 5.78 Å². The molecule has 0 spiro atoms. The fraction of sp³-hybridized carbons (Fsp3) is 0.250. The van der Waals surface area contributed by atoms with Gasteiger partial charge in [-0.15, -0.1) is 0 Å². The van der Waals surface area contributed by atoms with Crippen LogP contribution in [0.2, 0.25) is 0 Å². The number of fused-ring (bicyclic) bond motifs is 3. The second kappa shape index (κ2) is 5.43. The van der Waals surface area contributed by atoms with Gasteiger partial charge in [-0.3, -0.25) is 9.69 Å². The number of hydrogen-bond acceptors (Lipinski definition) is 4. The summed E-state index contributed by atoms with van der Waals surface area (Å²) in [7, 11) is 0. The van der Waals surface area contributed by atoms with Crippen molar-refractivity contribution in [1.29, 1.82) is 0 Å². The number of nitrogens with zero attached hydrogens (tertiary/aromatic N) is 1. The molecule has 3 aliphatic rings. The largest absolute Gasteiger partial charge is 0.478 e. The van der Waals surface area contributed by atoms with Crippen LogP contribution in [0.25, 0.3) is 6.08 Å². The summed E-state index contributed by atoms with van der Waals surface area (Å²) in [4.78, 5) is 14.9. The van der Waals surface area contributed by atoms with Crippen molar-refractivity contribution in [3.63, 3.8) is 0 Å². The highest BCUT2D eigenvalue weighted by Crippen LogP contribution is 2.43. The standard InChI is InChI=1S/C20H16FNO3/c21-16-4-2-1-3-12(16)9-18-19(23)14-7-8-17-15(20(14)25-18)10-22(11-24-17)13-5-6-13/h1-4,7-9,13H,5-6,10-11H2/b18-9-. The van der Waals surface area contributed by atoms with Gasteiger partial charge in [-0.2, -0.15) is 0 Å². The molecule has 25 heavy (non-hydrogen) atoms. The number of benzene rings is 2. The van der Waals surface area contributed by atoms with Gasteiger partial charge in [-0.1, -0.05) is 18.2 Å². The van der Waals surface area contributed by atoms with Crippen LogP contribution in [0, 0.1) is 5.82 Å². The highest BCUT2D eigenvalue weighted by atomic mass is 19.1. The highest BCUT2D eigenvalue weighted by molar-refractivity contribution is 6.15. The van der Waals surface area contributed by atoms with Gasteiger partial charge in [0.05, 0.1) is 11.1 Å². The van der Waals surface area contributed by atoms with Gasteiger partial charge in [-0.25, -0.2) is 4.39 Å². The van der Waals surface area contributed by atoms with Crippen molar-refractivity contribution in [2.24, 2.45) is 0 Å². The first-order chi connectivity index (χ1) is 12.2. The fourth-order valence-corrected chi connectivity index (χ4v) is 3.38. The number of ketones is 1. The maximum Gasteiger partial charge on any atom is 0.231 e. The Bertz CT molecular complexity index is 917. The Kier molecular flexibility index (Phi) is 3.18. The first-order valence-electron chi connectivity index (χ1n) is 8.42. The summed E-state index contributed by atoms with van der Waals surface area (Å²) in [5.74, 6) is 0.861. The van der Waals surface area contributed by atoms with Gasteiger partial charge < -0.3 is 9.47 Å². The molecule has 2 aromatic carbocycles. The average molecular weight is 337 g/mol. The normalized spacial score (nSPS) is 20.8. The minimum absolute atomic E-state index is 0.150. The zero-order valence-electron chi connectivity index (χ0n) is 13.5. The number of hydrogen-bond donors (Lipinski definition) is 0. The molecule has 2 heterocycles. The second-order valence-corrected chi connectivity index (χ2v) is 6.63. The predicted octanol–water partition coefficient (Wildman–Crippen LogP) is 3.76. The molecule has 0 radical (unpaired) electrons. The van der Waals surface area contributed by atoms with Crippen LogP contribution in [0.1, 0.15) is 34.3 Å². The zero-order valence-corrected chi connectivity index (χ0v) is 13.5. The van der Waals surface area contributed by atoms with E-state index in [0.717, 1.165) is 11.3 Å². The van der Waals surface area contributed by atoms with E-state index in [-0.39, 0.29) is 17.4 Å². The number of halogens is 1. The van der Waals surface area contributed by atoms with Crippen molar-refractivity contribution >= 4 is 11.9 Å². The Morgan fingerprint density at radius 3 is 2.80 bits per heavy atom. The van der Waals surface area contributed by atoms with Crippen molar-refractivity contribution in [3.8, 4) is 11.5 Å². The molecule has 1 fully saturated rings. The molecule has 0 aromatic heterocycles. The molecule has 5 heteroatoms. The number of Topliss-reactive ketones (excluding diaryl/α,β-unsaturated/α-hetero) is 1. The van der Waals surface area contributed by atoms with Crippen molar-refractivity contribution in [2.45, 2.75) is 25.4 Å². The topological polar surface area (TPSA) is 38.8 Å². The van der Waals surface area contributed by atoms with Crippen LogP contribution in [0.5, 0.6) is 11.5 Å². The molecule has 0 unspecified atom stereocenters. The number of ether oxygens (including phenoxy) is 2. The van der Waals surface area contributed by atoms with Gasteiger partial charge in [-0.05, 0) is 37.1 Å². The monoisotopic (exact) mass is 337 g/mol. The van der Waals surface area contributed by atoms with Crippen LogP contribution < -0.4 is 9.47 Å². The zero-order chi connectivity index (χ0) is 17.0. The van der Waals surface area contributed by atoms with Crippen LogP contribution in [0.15, 0.2) is 42.2 Å². The molecule has 0 saturated heterocycles. The molecule has 0 bridgehead atoms. The molecular weight excluding hydrogens is 321 g/mol. The van der Waals surface area contributed by atoms with Gasteiger partial charge in [0.25, 0.3) is 0 Å². The minimum atomic E-state index is -0.382. The van der Waals surface area contributed by atoms with Crippen LogP contribution in [0.3, 0.4) is 0 Å². The van der Waals surface area contributed by atoms with E-state index >= 15 is 0 Å². The minimum Gasteiger partial charge on any atom is -0.478 e. The van der Waals surface area contributed by atoms with Crippen molar-refractivity contribution < 1.29 is 18.7 Å². The lowest BCUT2D eigenvalue weighted by atomic mass is 10.0. The summed E-state index contributed by atoms with van der Waals surface area (Å²) in [6, 6.07) is 10.4. The molecule has 0 amide bonds. The van der Waals surface area contributed by atoms with E-state index in [1.54, 1.807) is 24.3 Å². The first-order valence-corrected chi connectivity index (χ1v) is 8.42. The van der Waals surface area contributed by atoms with Crippen molar-refractivity contribution in [3.05, 3.63) is 64.7 Å². The molecule has 5 rings (SSSR count). The maximum atomic E-state index is 13.9. The fourth-order valence-electron chi connectivity index (χ4n) is 3.38. The molecule has 2 aliphatic heterocycles. The Labute approximate surface area is 144 Å². The lowest BCUT2D eigenvalue weighted by Gasteiger charge is -2.29. The number of allylic oxidation sites excluding steroid dienone is 1. The van der Waals surface area contributed by atoms with E-state index in [2.05, 4.69) is 4.90 Å². The Hall–Kier alpha value is -2.66. The first kappa shape index (κ1) is 14.7. The van der Waals surface area contributed by atoms with E-state index in [0.29, 0.717) is 36.2 Å². The number of carbonyl (C=O) groups is 1. The summed E-state index contributed by atoms with van der Waals surface area (Å²) in [5, 5.41) is 0. The number of carbonyl (C=O) groups excluding carboxylic acids is 1. The summed E-state index contributed by atoms with van der Waals surface area (Å²) < 4.78 is 25.6. The third kappa shape index (κ3) is 2.43. The molecule has 2 aromatic rings. The Morgan fingerprint density at radius 1 is 1.16 bits per heavy atom. The van der Waals surface area contributed by atoms with E-state index in [9.17, 15) is 9.18 Å². The van der Waals surface area contributed by atoms with E-state index in [1.165, 1.54) is 25.0 Å². The van der Waals surface area contributed by atoms with Gasteiger partial charge in [0, 0.05) is 18.2 Å². The molecule has 0 N–H and O–H groups in total. The third-order valence-electron chi connectivity index (χ3n) is 4.90. The molecular formula is C20H16FNO3. The van der Waals surface area contributed by atoms with Gasteiger partial charge in [0.1, 0.15) is 24.0 Å². The van der Waals surface area contributed by atoms with E-state index in [4.69, 9.17) is 9.47 Å². The molecule has 1 saturated carbocycles. The smallest absolute Gasteiger partial charge is 0.231 e. The van der Waals surface area contributed by atoms with Crippen LogP contribution in [0.4, 0.5) is 4.39 Å². The third-order valence-corrected chi connectivity index (χ3v) is 4.90. The summed E-state index contributed by atoms with van der Waals surface area (Å²) >= 11 is 0. The molecule has 1 aliphatic carbocycles. The summed E-state index contributed by atoms with van der Waals surface area (Å²) in [6.07, 6.45) is 3.84. The Balaban J connectivity index is 1.53. The SMILES string of the molecule is O=C1/C(=C/c2ccccc2F)Oc2c1ccc1c2CN(C2CC2)CO1. The van der Waals surface area contributed by atoms with E-state index < -0.39 is 0 Å². The van der Waals surface area contributed by atoms with Crippen LogP contribution in [-0.2, 0) is 6.54 Å². The molecule has 0 atom stereocenters. The quantitative estimate of drug-likeness (QED) is 0.782. The Morgan fingerprint density at radius 2 is 2.00 bits per heavy atom. The molecule has 126 valence electrons. The lowest BCUT2D eigenvalue weighted by molar-refractivity contribution is 0.0868. The molecule has 4 nitrogen and oxygen atoms in total. The second-order valence-electron chi connectivity index (χ2n) is 6.63. The average Bonchev–Trinajstić information content (AvgIpc) is 3.42. The maximum absolute atomic E-state index is 13.9. The predicted molar refractivity (Wildman–Crippen MR) is 89.8 cm³/mol. The van der Waals surface area contributed by atoms with Crippen molar-refractivity contribution in [1.82, 2.24) is 4.90 Å². The van der Waals surface area contributed by atoms with Crippen molar-refractivity contribution in [2.75, 3.05) is 6.73 Å². The highest BCUT2D eigenvalue weighted by Gasteiger charge is 2.37. The van der Waals surface area contributed by atoms with E-state index in [1.807, 2.05) is 6.07 Å². The lowest BCUT2D eigenvalue weighted by Crippen LogP contribution is -2.33. The van der Waals surface area contributed by atoms with Crippen LogP contribution >= 0.6 is 0 Å². The van der Waals surface area contributed by atoms with Gasteiger partial charge in [0.15, 0.2) is 5.76 Å². The van der Waals surface area contributed by atoms with Gasteiger partial charge >= 0.3 is 0 Å².